The highest BCUT2D eigenvalue weighted by atomic mass is 19.3. The molecule has 1 aliphatic carbocycles. The second-order valence-corrected chi connectivity index (χ2v) is 4.17. The monoisotopic (exact) mass is 229 g/mol. The molecule has 16 heavy (non-hydrogen) atoms. The lowest BCUT2D eigenvalue weighted by Crippen LogP contribution is -2.27. The summed E-state index contributed by atoms with van der Waals surface area (Å²) >= 11 is 0. The number of hydrogen-bond donors (Lipinski definition) is 1. The third kappa shape index (κ3) is 2.98. The SMILES string of the molecule is Fc1ccc(C(NCC(F)F)C2CC2)cc1. The highest BCUT2D eigenvalue weighted by molar-refractivity contribution is 5.22. The molecule has 1 aromatic carbocycles. The van der Waals surface area contributed by atoms with E-state index in [0.717, 1.165) is 18.4 Å². The van der Waals surface area contributed by atoms with Crippen molar-refractivity contribution in [3.63, 3.8) is 0 Å². The summed E-state index contributed by atoms with van der Waals surface area (Å²) in [4.78, 5) is 0. The smallest absolute Gasteiger partial charge is 0.250 e. The molecule has 88 valence electrons. The fraction of sp³-hybridized carbons (Fsp3) is 0.500. The summed E-state index contributed by atoms with van der Waals surface area (Å²) in [5.74, 6) is 0.122. The van der Waals surface area contributed by atoms with Crippen molar-refractivity contribution in [3.05, 3.63) is 35.6 Å². The van der Waals surface area contributed by atoms with Gasteiger partial charge in [-0.25, -0.2) is 13.2 Å². The lowest BCUT2D eigenvalue weighted by Gasteiger charge is -2.18. The first-order valence-electron chi connectivity index (χ1n) is 5.44. The van der Waals surface area contributed by atoms with E-state index in [1.807, 2.05) is 0 Å². The fourth-order valence-corrected chi connectivity index (χ4v) is 1.87. The zero-order valence-corrected chi connectivity index (χ0v) is 8.80. The van der Waals surface area contributed by atoms with E-state index in [2.05, 4.69) is 5.32 Å². The third-order valence-electron chi connectivity index (χ3n) is 2.81. The molecule has 0 aliphatic heterocycles. The summed E-state index contributed by atoms with van der Waals surface area (Å²) < 4.78 is 37.0. The maximum Gasteiger partial charge on any atom is 0.250 e. The van der Waals surface area contributed by atoms with Gasteiger partial charge >= 0.3 is 0 Å². The van der Waals surface area contributed by atoms with Crippen molar-refractivity contribution in [3.8, 4) is 0 Å². The Morgan fingerprint density at radius 3 is 2.31 bits per heavy atom. The summed E-state index contributed by atoms with van der Waals surface area (Å²) in [5, 5.41) is 2.84. The van der Waals surface area contributed by atoms with Gasteiger partial charge in [0.15, 0.2) is 0 Å². The molecule has 0 saturated heterocycles. The Hall–Kier alpha value is -1.03. The molecule has 1 aromatic rings. The van der Waals surface area contributed by atoms with E-state index in [0.29, 0.717) is 5.92 Å². The molecular formula is C12H14F3N. The summed E-state index contributed by atoms with van der Waals surface area (Å²) in [5.41, 5.74) is 0.893. The van der Waals surface area contributed by atoms with Gasteiger partial charge < -0.3 is 5.32 Å². The number of rotatable bonds is 5. The van der Waals surface area contributed by atoms with Crippen LogP contribution in [0.3, 0.4) is 0 Å². The first-order chi connectivity index (χ1) is 7.66. The average Bonchev–Trinajstić information content (AvgIpc) is 3.04. The van der Waals surface area contributed by atoms with E-state index >= 15 is 0 Å². The molecule has 2 rings (SSSR count). The summed E-state index contributed by atoms with van der Waals surface area (Å²) in [6.07, 6.45) is -0.238. The molecule has 1 saturated carbocycles. The summed E-state index contributed by atoms with van der Waals surface area (Å²) in [6.45, 7) is -0.307. The van der Waals surface area contributed by atoms with Crippen LogP contribution in [-0.4, -0.2) is 13.0 Å². The minimum absolute atomic E-state index is 0.0606. The zero-order valence-electron chi connectivity index (χ0n) is 8.80. The zero-order chi connectivity index (χ0) is 11.5. The van der Waals surface area contributed by atoms with Crippen LogP contribution in [0.25, 0.3) is 0 Å². The third-order valence-corrected chi connectivity index (χ3v) is 2.81. The first-order valence-corrected chi connectivity index (χ1v) is 5.44. The fourth-order valence-electron chi connectivity index (χ4n) is 1.87. The maximum atomic E-state index is 12.7. The minimum Gasteiger partial charge on any atom is -0.304 e. The number of hydrogen-bond acceptors (Lipinski definition) is 1. The number of alkyl halides is 2. The lowest BCUT2D eigenvalue weighted by atomic mass is 10.0. The van der Waals surface area contributed by atoms with Crippen molar-refractivity contribution in [2.24, 2.45) is 5.92 Å². The molecule has 1 aliphatic rings. The molecule has 0 heterocycles. The van der Waals surface area contributed by atoms with Gasteiger partial charge in [-0.15, -0.1) is 0 Å². The van der Waals surface area contributed by atoms with Crippen molar-refractivity contribution < 1.29 is 13.2 Å². The van der Waals surface area contributed by atoms with Gasteiger partial charge in [0.25, 0.3) is 6.43 Å². The van der Waals surface area contributed by atoms with Gasteiger partial charge in [0.1, 0.15) is 5.82 Å². The van der Waals surface area contributed by atoms with Crippen molar-refractivity contribution >= 4 is 0 Å². The van der Waals surface area contributed by atoms with Crippen molar-refractivity contribution in [2.45, 2.75) is 25.3 Å². The molecule has 0 radical (unpaired) electrons. The van der Waals surface area contributed by atoms with Crippen molar-refractivity contribution in [2.75, 3.05) is 6.54 Å². The van der Waals surface area contributed by atoms with Crippen LogP contribution in [0.4, 0.5) is 13.2 Å². The van der Waals surface area contributed by atoms with Gasteiger partial charge in [-0.3, -0.25) is 0 Å². The van der Waals surface area contributed by atoms with E-state index in [1.54, 1.807) is 12.1 Å². The number of halogens is 3. The molecule has 4 heteroatoms. The molecular weight excluding hydrogens is 215 g/mol. The van der Waals surface area contributed by atoms with Crippen LogP contribution in [0, 0.1) is 11.7 Å². The predicted molar refractivity (Wildman–Crippen MR) is 55.9 cm³/mol. The van der Waals surface area contributed by atoms with Gasteiger partial charge in [0.05, 0.1) is 6.54 Å². The van der Waals surface area contributed by atoms with E-state index in [4.69, 9.17) is 0 Å². The molecule has 0 aromatic heterocycles. The summed E-state index contributed by atoms with van der Waals surface area (Å²) in [7, 11) is 0. The Kier molecular flexibility index (Phi) is 3.49. The van der Waals surface area contributed by atoms with Crippen LogP contribution in [0.1, 0.15) is 24.4 Å². The second kappa shape index (κ2) is 4.87. The quantitative estimate of drug-likeness (QED) is 0.818. The van der Waals surface area contributed by atoms with Gasteiger partial charge in [-0.05, 0) is 36.5 Å². The highest BCUT2D eigenvalue weighted by Crippen LogP contribution is 2.40. The standard InChI is InChI=1S/C12H14F3N/c13-10-5-3-9(4-6-10)12(8-1-2-8)16-7-11(14)15/h3-6,8,11-12,16H,1-2,7H2. The van der Waals surface area contributed by atoms with Crippen LogP contribution in [0.15, 0.2) is 24.3 Å². The van der Waals surface area contributed by atoms with Crippen LogP contribution >= 0.6 is 0 Å². The second-order valence-electron chi connectivity index (χ2n) is 4.17. The van der Waals surface area contributed by atoms with Gasteiger partial charge in [-0.1, -0.05) is 12.1 Å². The Labute approximate surface area is 92.7 Å². The molecule has 1 fully saturated rings. The molecule has 0 spiro atoms. The average molecular weight is 229 g/mol. The largest absolute Gasteiger partial charge is 0.304 e. The van der Waals surface area contributed by atoms with Crippen LogP contribution in [-0.2, 0) is 0 Å². The Morgan fingerprint density at radius 2 is 1.81 bits per heavy atom. The Bertz CT molecular complexity index is 333. The predicted octanol–water partition coefficient (Wildman–Crippen LogP) is 3.13. The Morgan fingerprint density at radius 1 is 1.19 bits per heavy atom. The summed E-state index contributed by atoms with van der Waals surface area (Å²) in [6, 6.07) is 6.01. The van der Waals surface area contributed by atoms with E-state index in [1.165, 1.54) is 12.1 Å². The van der Waals surface area contributed by atoms with Gasteiger partial charge in [0.2, 0.25) is 0 Å². The molecule has 1 unspecified atom stereocenters. The minimum atomic E-state index is -2.35. The van der Waals surface area contributed by atoms with Crippen LogP contribution < -0.4 is 5.32 Å². The van der Waals surface area contributed by atoms with E-state index in [9.17, 15) is 13.2 Å². The lowest BCUT2D eigenvalue weighted by molar-refractivity contribution is 0.139. The molecule has 0 bridgehead atoms. The van der Waals surface area contributed by atoms with E-state index < -0.39 is 6.43 Å². The van der Waals surface area contributed by atoms with E-state index in [-0.39, 0.29) is 18.4 Å². The topological polar surface area (TPSA) is 12.0 Å². The first kappa shape index (κ1) is 11.5. The van der Waals surface area contributed by atoms with Crippen molar-refractivity contribution in [1.29, 1.82) is 0 Å². The normalized spacial score (nSPS) is 17.8. The van der Waals surface area contributed by atoms with Crippen LogP contribution in [0.2, 0.25) is 0 Å². The molecule has 0 amide bonds. The number of benzene rings is 1. The molecule has 1 nitrogen and oxygen atoms in total. The maximum absolute atomic E-state index is 12.7. The molecule has 1 N–H and O–H groups in total. The highest BCUT2D eigenvalue weighted by Gasteiger charge is 2.32. The van der Waals surface area contributed by atoms with Crippen molar-refractivity contribution in [1.82, 2.24) is 5.32 Å². The van der Waals surface area contributed by atoms with Crippen LogP contribution in [0.5, 0.6) is 0 Å². The van der Waals surface area contributed by atoms with Gasteiger partial charge in [0, 0.05) is 6.04 Å². The number of nitrogens with one attached hydrogen (secondary N) is 1. The van der Waals surface area contributed by atoms with Gasteiger partial charge in [-0.2, -0.15) is 0 Å². The Balaban J connectivity index is 2.03. The molecule has 1 atom stereocenters.